The van der Waals surface area contributed by atoms with Crippen LogP contribution in [-0.4, -0.2) is 25.7 Å². The minimum Gasteiger partial charge on any atom is -0.466 e. The number of hydrogen-bond acceptors (Lipinski definition) is 3. The third-order valence-corrected chi connectivity index (χ3v) is 4.07. The number of rotatable bonds is 5. The minimum atomic E-state index is -0.434. The quantitative estimate of drug-likeness (QED) is 0.668. The van der Waals surface area contributed by atoms with Crippen molar-refractivity contribution in [3.63, 3.8) is 0 Å². The number of hydrogen-bond donors (Lipinski definition) is 1. The largest absolute Gasteiger partial charge is 0.466 e. The molecular formula is C17H22N2O2. The van der Waals surface area contributed by atoms with E-state index >= 15 is 0 Å². The summed E-state index contributed by atoms with van der Waals surface area (Å²) in [6, 6.07) is 8.04. The molecule has 0 spiro atoms. The van der Waals surface area contributed by atoms with E-state index in [1.807, 2.05) is 31.2 Å². The van der Waals surface area contributed by atoms with Crippen LogP contribution in [0.2, 0.25) is 0 Å². The monoisotopic (exact) mass is 286 g/mol. The molecule has 0 bridgehead atoms. The maximum Gasteiger partial charge on any atom is 0.306 e. The van der Waals surface area contributed by atoms with Crippen molar-refractivity contribution in [1.29, 1.82) is 0 Å². The van der Waals surface area contributed by atoms with Crippen LogP contribution >= 0.6 is 0 Å². The number of carbonyl (C=O) groups excluding carboxylic acids is 1. The predicted octanol–water partition coefficient (Wildman–Crippen LogP) is 2.68. The highest BCUT2D eigenvalue weighted by Crippen LogP contribution is 2.37. The molecule has 0 unspecified atom stereocenters. The average molecular weight is 286 g/mol. The zero-order chi connectivity index (χ0) is 15.1. The van der Waals surface area contributed by atoms with Gasteiger partial charge in [-0.1, -0.05) is 24.3 Å². The molecule has 0 amide bonds. The van der Waals surface area contributed by atoms with E-state index in [0.29, 0.717) is 19.4 Å². The van der Waals surface area contributed by atoms with E-state index in [1.54, 1.807) is 0 Å². The van der Waals surface area contributed by atoms with Crippen molar-refractivity contribution in [2.45, 2.75) is 38.1 Å². The number of esters is 1. The Morgan fingerprint density at radius 1 is 1.38 bits per heavy atom. The summed E-state index contributed by atoms with van der Waals surface area (Å²) in [6.07, 6.45) is 2.66. The Hall–Kier alpha value is -1.86. The molecule has 1 N–H and O–H groups in total. The normalized spacial score (nSPS) is 17.0. The molecule has 1 aliphatic rings. The second kappa shape index (κ2) is 7.24. The lowest BCUT2D eigenvalue weighted by Gasteiger charge is -2.28. The van der Waals surface area contributed by atoms with E-state index in [9.17, 15) is 4.79 Å². The molecule has 4 heteroatoms. The smallest absolute Gasteiger partial charge is 0.306 e. The van der Waals surface area contributed by atoms with Crippen molar-refractivity contribution in [3.8, 4) is 0 Å². The Bertz CT molecular complexity index is 528. The molecule has 1 heterocycles. The first-order valence-corrected chi connectivity index (χ1v) is 7.55. The topological polar surface area (TPSA) is 42.7 Å². The molecule has 1 aromatic rings. The first-order valence-electron chi connectivity index (χ1n) is 7.55. The lowest BCUT2D eigenvalue weighted by molar-refractivity contribution is -0.143. The van der Waals surface area contributed by atoms with Gasteiger partial charge in [0.25, 0.3) is 5.54 Å². The van der Waals surface area contributed by atoms with Crippen LogP contribution in [-0.2, 0) is 21.5 Å². The maximum atomic E-state index is 11.6. The molecule has 4 nitrogen and oxygen atoms in total. The van der Waals surface area contributed by atoms with Gasteiger partial charge >= 0.3 is 5.97 Å². The van der Waals surface area contributed by atoms with Crippen LogP contribution in [0.5, 0.6) is 0 Å². The van der Waals surface area contributed by atoms with Crippen molar-refractivity contribution in [1.82, 2.24) is 5.32 Å². The molecular weight excluding hydrogens is 264 g/mol. The van der Waals surface area contributed by atoms with Gasteiger partial charge in [0.2, 0.25) is 0 Å². The Morgan fingerprint density at radius 2 is 2.10 bits per heavy atom. The van der Waals surface area contributed by atoms with Crippen molar-refractivity contribution in [3.05, 3.63) is 46.8 Å². The van der Waals surface area contributed by atoms with E-state index < -0.39 is 5.54 Å². The van der Waals surface area contributed by atoms with Crippen LogP contribution in [0.1, 0.15) is 37.3 Å². The van der Waals surface area contributed by atoms with Gasteiger partial charge in [-0.05, 0) is 18.9 Å². The average Bonchev–Trinajstić information content (AvgIpc) is 2.54. The summed E-state index contributed by atoms with van der Waals surface area (Å²) in [5.41, 5.74) is 1.76. The number of carbonyl (C=O) groups is 1. The van der Waals surface area contributed by atoms with Crippen LogP contribution < -0.4 is 5.32 Å². The molecule has 2 rings (SSSR count). The molecule has 1 fully saturated rings. The summed E-state index contributed by atoms with van der Waals surface area (Å²) >= 11 is 0. The summed E-state index contributed by atoms with van der Waals surface area (Å²) in [7, 11) is 0. The summed E-state index contributed by atoms with van der Waals surface area (Å²) in [4.78, 5) is 15.5. The summed E-state index contributed by atoms with van der Waals surface area (Å²) in [6.45, 7) is 11.6. The Morgan fingerprint density at radius 3 is 2.76 bits per heavy atom. The highest BCUT2D eigenvalue weighted by molar-refractivity contribution is 5.69. The van der Waals surface area contributed by atoms with Crippen LogP contribution in [0.3, 0.4) is 0 Å². The fourth-order valence-corrected chi connectivity index (χ4v) is 2.94. The van der Waals surface area contributed by atoms with Gasteiger partial charge in [-0.15, -0.1) is 0 Å². The zero-order valence-electron chi connectivity index (χ0n) is 12.5. The number of nitrogens with zero attached hydrogens (tertiary/aromatic N) is 1. The van der Waals surface area contributed by atoms with Gasteiger partial charge in [0.1, 0.15) is 0 Å². The molecule has 1 aliphatic heterocycles. The van der Waals surface area contributed by atoms with Crippen molar-refractivity contribution >= 4 is 5.97 Å². The van der Waals surface area contributed by atoms with Gasteiger partial charge in [-0.2, -0.15) is 0 Å². The SMILES string of the molecule is [C-]#[N+]C1(c2ccccc2CCC(=O)OCC)CCNCC1. The predicted molar refractivity (Wildman–Crippen MR) is 81.8 cm³/mol. The van der Waals surface area contributed by atoms with E-state index in [4.69, 9.17) is 11.3 Å². The third-order valence-electron chi connectivity index (χ3n) is 4.07. The van der Waals surface area contributed by atoms with Gasteiger partial charge in [-0.25, -0.2) is 6.57 Å². The molecule has 112 valence electrons. The fraction of sp³-hybridized carbons (Fsp3) is 0.529. The first kappa shape index (κ1) is 15.5. The van der Waals surface area contributed by atoms with Gasteiger partial charge in [0.15, 0.2) is 0 Å². The molecule has 0 aromatic heterocycles. The Labute approximate surface area is 126 Å². The highest BCUT2D eigenvalue weighted by Gasteiger charge is 2.41. The van der Waals surface area contributed by atoms with E-state index in [-0.39, 0.29) is 5.97 Å². The number of piperidine rings is 1. The summed E-state index contributed by atoms with van der Waals surface area (Å²) in [5.74, 6) is -0.172. The number of aryl methyl sites for hydroxylation is 1. The molecule has 0 aliphatic carbocycles. The van der Waals surface area contributed by atoms with Gasteiger partial charge < -0.3 is 14.9 Å². The molecule has 1 aromatic carbocycles. The van der Waals surface area contributed by atoms with Crippen LogP contribution in [0.25, 0.3) is 4.85 Å². The summed E-state index contributed by atoms with van der Waals surface area (Å²) in [5, 5.41) is 3.31. The second-order valence-electron chi connectivity index (χ2n) is 5.36. The number of benzene rings is 1. The van der Waals surface area contributed by atoms with Crippen molar-refractivity contribution in [2.24, 2.45) is 0 Å². The molecule has 0 saturated carbocycles. The summed E-state index contributed by atoms with van der Waals surface area (Å²) < 4.78 is 4.99. The lowest BCUT2D eigenvalue weighted by atomic mass is 9.79. The molecule has 0 atom stereocenters. The molecule has 21 heavy (non-hydrogen) atoms. The number of nitrogens with one attached hydrogen (secondary N) is 1. The van der Waals surface area contributed by atoms with E-state index in [2.05, 4.69) is 10.2 Å². The Kier molecular flexibility index (Phi) is 5.35. The van der Waals surface area contributed by atoms with E-state index in [1.165, 1.54) is 0 Å². The lowest BCUT2D eigenvalue weighted by Crippen LogP contribution is -2.38. The van der Waals surface area contributed by atoms with E-state index in [0.717, 1.165) is 37.1 Å². The number of ether oxygens (including phenoxy) is 1. The maximum absolute atomic E-state index is 11.6. The van der Waals surface area contributed by atoms with Gasteiger partial charge in [-0.3, -0.25) is 4.79 Å². The molecule has 0 radical (unpaired) electrons. The zero-order valence-corrected chi connectivity index (χ0v) is 12.5. The highest BCUT2D eigenvalue weighted by atomic mass is 16.5. The first-order chi connectivity index (χ1) is 10.2. The Balaban J connectivity index is 2.20. The molecule has 1 saturated heterocycles. The van der Waals surface area contributed by atoms with Gasteiger partial charge in [0, 0.05) is 37.9 Å². The third kappa shape index (κ3) is 3.62. The van der Waals surface area contributed by atoms with Crippen molar-refractivity contribution < 1.29 is 9.53 Å². The minimum absolute atomic E-state index is 0.172. The van der Waals surface area contributed by atoms with Gasteiger partial charge in [0.05, 0.1) is 6.61 Å². The standard InChI is InChI=1S/C17H22N2O2/c1-3-21-16(20)9-8-14-6-4-5-7-15(14)17(18-2)10-12-19-13-11-17/h4-7,19H,3,8-13H2,1H3. The van der Waals surface area contributed by atoms with Crippen LogP contribution in [0.4, 0.5) is 0 Å². The fourth-order valence-electron chi connectivity index (χ4n) is 2.94. The second-order valence-corrected chi connectivity index (χ2v) is 5.36. The van der Waals surface area contributed by atoms with Crippen LogP contribution in [0, 0.1) is 6.57 Å². The van der Waals surface area contributed by atoms with Crippen molar-refractivity contribution in [2.75, 3.05) is 19.7 Å². The van der Waals surface area contributed by atoms with Crippen LogP contribution in [0.15, 0.2) is 24.3 Å².